The maximum Gasteiger partial charge on any atom is 0.135 e. The molecule has 0 atom stereocenters. The van der Waals surface area contributed by atoms with Crippen LogP contribution >= 0.6 is 11.6 Å². The summed E-state index contributed by atoms with van der Waals surface area (Å²) in [6, 6.07) is 11.4. The number of rotatable bonds is 1. The van der Waals surface area contributed by atoms with E-state index in [0.29, 0.717) is 5.02 Å². The van der Waals surface area contributed by atoms with Crippen molar-refractivity contribution in [3.63, 3.8) is 0 Å². The van der Waals surface area contributed by atoms with Crippen LogP contribution in [-0.2, 0) is 0 Å². The molecule has 0 spiro atoms. The number of benzene rings is 1. The second-order valence-electron chi connectivity index (χ2n) is 5.31. The molecule has 19 heavy (non-hydrogen) atoms. The van der Waals surface area contributed by atoms with Crippen LogP contribution in [0, 0.1) is 11.5 Å². The minimum Gasteiger partial charge on any atom is -0.149 e. The van der Waals surface area contributed by atoms with E-state index in [9.17, 15) is 0 Å². The Morgan fingerprint density at radius 3 is 2.16 bits per heavy atom. The molecule has 0 amide bonds. The smallest absolute Gasteiger partial charge is 0.135 e. The third kappa shape index (κ3) is 4.20. The van der Waals surface area contributed by atoms with Crippen LogP contribution in [0.3, 0.4) is 0 Å². The zero-order chi connectivity index (χ0) is 13.9. The van der Waals surface area contributed by atoms with Crippen molar-refractivity contribution in [1.29, 1.82) is 0 Å². The van der Waals surface area contributed by atoms with Gasteiger partial charge in [-0.3, -0.25) is 0 Å². The SMILES string of the molecule is C[Si](C)(C)C#Cc1ccc(-c2ccc(Cl)cc2)nn1. The molecule has 2 aromatic rings. The summed E-state index contributed by atoms with van der Waals surface area (Å²) < 4.78 is 0. The van der Waals surface area contributed by atoms with E-state index in [-0.39, 0.29) is 0 Å². The zero-order valence-electron chi connectivity index (χ0n) is 11.2. The average molecular weight is 287 g/mol. The molecule has 0 aliphatic heterocycles. The molecule has 2 nitrogen and oxygen atoms in total. The summed E-state index contributed by atoms with van der Waals surface area (Å²) in [5.74, 6) is 3.09. The molecule has 2 rings (SSSR count). The maximum atomic E-state index is 5.86. The lowest BCUT2D eigenvalue weighted by Gasteiger charge is -2.03. The van der Waals surface area contributed by atoms with Crippen LogP contribution in [0.2, 0.25) is 24.7 Å². The van der Waals surface area contributed by atoms with Crippen LogP contribution in [0.1, 0.15) is 5.69 Å². The quantitative estimate of drug-likeness (QED) is 0.584. The number of nitrogens with zero attached hydrogens (tertiary/aromatic N) is 2. The Labute approximate surface area is 119 Å². The van der Waals surface area contributed by atoms with Crippen molar-refractivity contribution >= 4 is 19.7 Å². The maximum absolute atomic E-state index is 5.86. The van der Waals surface area contributed by atoms with E-state index in [1.165, 1.54) is 0 Å². The van der Waals surface area contributed by atoms with E-state index in [0.717, 1.165) is 17.0 Å². The van der Waals surface area contributed by atoms with Gasteiger partial charge in [-0.1, -0.05) is 49.3 Å². The lowest BCUT2D eigenvalue weighted by atomic mass is 10.1. The lowest BCUT2D eigenvalue weighted by molar-refractivity contribution is 1.02. The summed E-state index contributed by atoms with van der Waals surface area (Å²) >= 11 is 5.86. The van der Waals surface area contributed by atoms with Gasteiger partial charge in [-0.25, -0.2) is 0 Å². The van der Waals surface area contributed by atoms with E-state index in [1.807, 2.05) is 36.4 Å². The molecule has 1 heterocycles. The van der Waals surface area contributed by atoms with Gasteiger partial charge in [0, 0.05) is 10.6 Å². The second-order valence-corrected chi connectivity index (χ2v) is 10.5. The van der Waals surface area contributed by atoms with Crippen molar-refractivity contribution in [2.45, 2.75) is 19.6 Å². The second kappa shape index (κ2) is 5.56. The number of hydrogen-bond donors (Lipinski definition) is 0. The lowest BCUT2D eigenvalue weighted by Crippen LogP contribution is -2.16. The summed E-state index contributed by atoms with van der Waals surface area (Å²) in [6.45, 7) is 6.61. The van der Waals surface area contributed by atoms with Crippen LogP contribution in [0.4, 0.5) is 0 Å². The first kappa shape index (κ1) is 13.8. The highest BCUT2D eigenvalue weighted by atomic mass is 35.5. The Morgan fingerprint density at radius 2 is 1.63 bits per heavy atom. The Morgan fingerprint density at radius 1 is 0.947 bits per heavy atom. The third-order valence-corrected chi connectivity index (χ3v) is 3.50. The highest BCUT2D eigenvalue weighted by Crippen LogP contribution is 2.18. The number of hydrogen-bond acceptors (Lipinski definition) is 2. The molecule has 0 saturated carbocycles. The van der Waals surface area contributed by atoms with Crippen LogP contribution in [0.5, 0.6) is 0 Å². The van der Waals surface area contributed by atoms with Gasteiger partial charge in [0.05, 0.1) is 5.69 Å². The van der Waals surface area contributed by atoms with E-state index >= 15 is 0 Å². The van der Waals surface area contributed by atoms with Gasteiger partial charge in [0.25, 0.3) is 0 Å². The van der Waals surface area contributed by atoms with Gasteiger partial charge >= 0.3 is 0 Å². The Kier molecular flexibility index (Phi) is 4.04. The summed E-state index contributed by atoms with van der Waals surface area (Å²) in [4.78, 5) is 0. The van der Waals surface area contributed by atoms with Crippen LogP contribution in [0.25, 0.3) is 11.3 Å². The minimum atomic E-state index is -1.37. The number of aromatic nitrogens is 2. The molecule has 0 aliphatic rings. The molecule has 1 aromatic carbocycles. The van der Waals surface area contributed by atoms with Crippen molar-refractivity contribution in [1.82, 2.24) is 10.2 Å². The molecule has 0 radical (unpaired) electrons. The fraction of sp³-hybridized carbons (Fsp3) is 0.200. The van der Waals surface area contributed by atoms with Gasteiger partial charge < -0.3 is 0 Å². The fourth-order valence-electron chi connectivity index (χ4n) is 1.43. The fourth-order valence-corrected chi connectivity index (χ4v) is 2.05. The van der Waals surface area contributed by atoms with E-state index in [2.05, 4.69) is 41.3 Å². The molecule has 0 bridgehead atoms. The summed E-state index contributed by atoms with van der Waals surface area (Å²) in [6.07, 6.45) is 0. The summed E-state index contributed by atoms with van der Waals surface area (Å²) in [7, 11) is -1.37. The summed E-state index contributed by atoms with van der Waals surface area (Å²) in [5.41, 5.74) is 5.83. The van der Waals surface area contributed by atoms with Crippen molar-refractivity contribution in [3.05, 3.63) is 47.1 Å². The highest BCUT2D eigenvalue weighted by Gasteiger charge is 2.07. The monoisotopic (exact) mass is 286 g/mol. The molecular formula is C15H15ClN2Si. The van der Waals surface area contributed by atoms with Gasteiger partial charge in [-0.2, -0.15) is 0 Å². The largest absolute Gasteiger partial charge is 0.149 e. The van der Waals surface area contributed by atoms with E-state index in [1.54, 1.807) is 0 Å². The molecule has 4 heteroatoms. The van der Waals surface area contributed by atoms with Gasteiger partial charge in [0.15, 0.2) is 0 Å². The first-order valence-corrected chi connectivity index (χ1v) is 9.95. The molecule has 96 valence electrons. The first-order chi connectivity index (χ1) is 8.94. The zero-order valence-corrected chi connectivity index (χ0v) is 13.0. The van der Waals surface area contributed by atoms with Crippen LogP contribution in [0.15, 0.2) is 36.4 Å². The van der Waals surface area contributed by atoms with Gasteiger partial charge in [-0.05, 0) is 24.3 Å². The Bertz CT molecular complexity index is 616. The standard InChI is InChI=1S/C15H15ClN2Si/c1-19(2,3)11-10-14-8-9-15(18-17-14)12-4-6-13(16)7-5-12/h4-9H,1-3H3. The third-order valence-electron chi connectivity index (χ3n) is 2.37. The van der Waals surface area contributed by atoms with Gasteiger partial charge in [0.1, 0.15) is 13.8 Å². The average Bonchev–Trinajstić information content (AvgIpc) is 2.37. The van der Waals surface area contributed by atoms with E-state index in [4.69, 9.17) is 11.6 Å². The molecule has 0 fully saturated rings. The minimum absolute atomic E-state index is 0.717. The molecule has 0 N–H and O–H groups in total. The van der Waals surface area contributed by atoms with Crippen molar-refractivity contribution in [2.75, 3.05) is 0 Å². The normalized spacial score (nSPS) is 10.7. The van der Waals surface area contributed by atoms with Crippen molar-refractivity contribution in [2.24, 2.45) is 0 Å². The van der Waals surface area contributed by atoms with Crippen molar-refractivity contribution < 1.29 is 0 Å². The van der Waals surface area contributed by atoms with Crippen molar-refractivity contribution in [3.8, 4) is 22.7 Å². The Hall–Kier alpha value is -1.63. The van der Waals surface area contributed by atoms with Crippen LogP contribution in [-0.4, -0.2) is 18.3 Å². The highest BCUT2D eigenvalue weighted by molar-refractivity contribution is 6.83. The first-order valence-electron chi connectivity index (χ1n) is 6.07. The molecule has 0 unspecified atom stereocenters. The van der Waals surface area contributed by atoms with Crippen LogP contribution < -0.4 is 0 Å². The summed E-state index contributed by atoms with van der Waals surface area (Å²) in [5, 5.41) is 9.06. The van der Waals surface area contributed by atoms with E-state index < -0.39 is 8.07 Å². The predicted molar refractivity (Wildman–Crippen MR) is 82.7 cm³/mol. The molecule has 1 aromatic heterocycles. The Balaban J connectivity index is 2.23. The predicted octanol–water partition coefficient (Wildman–Crippen LogP) is 4.03. The molecule has 0 saturated heterocycles. The molecular weight excluding hydrogens is 272 g/mol. The molecule has 0 aliphatic carbocycles. The van der Waals surface area contributed by atoms with Gasteiger partial charge in [-0.15, -0.1) is 15.7 Å². The number of halogens is 1. The van der Waals surface area contributed by atoms with Gasteiger partial charge in [0.2, 0.25) is 0 Å². The topological polar surface area (TPSA) is 25.8 Å².